The minimum absolute atomic E-state index is 0.0380. The maximum atomic E-state index is 12.6. The molecule has 0 aliphatic heterocycles. The highest BCUT2D eigenvalue weighted by Gasteiger charge is 2.20. The summed E-state index contributed by atoms with van der Waals surface area (Å²) in [6.07, 6.45) is -1.69. The molecular weight excluding hydrogens is 315 g/mol. The zero-order chi connectivity index (χ0) is 11.4. The van der Waals surface area contributed by atoms with Gasteiger partial charge < -0.3 is 0 Å². The maximum Gasteiger partial charge on any atom is 0.266 e. The Labute approximate surface area is 98.5 Å². The van der Waals surface area contributed by atoms with Gasteiger partial charge >= 0.3 is 0 Å². The maximum absolute atomic E-state index is 12.6. The van der Waals surface area contributed by atoms with E-state index in [0.29, 0.717) is 0 Å². The summed E-state index contributed by atoms with van der Waals surface area (Å²) in [5, 5.41) is 17.1. The van der Waals surface area contributed by atoms with E-state index in [0.717, 1.165) is 6.20 Å². The molecule has 0 saturated heterocycles. The lowest BCUT2D eigenvalue weighted by Gasteiger charge is -2.07. The first-order valence-electron chi connectivity index (χ1n) is 3.84. The number of hydrogen-bond acceptors (Lipinski definition) is 3. The van der Waals surface area contributed by atoms with Gasteiger partial charge in [-0.3, -0.25) is 4.98 Å². The van der Waals surface area contributed by atoms with Gasteiger partial charge in [-0.1, -0.05) is 0 Å². The van der Waals surface area contributed by atoms with Gasteiger partial charge in [0.05, 0.1) is 29.3 Å². The summed E-state index contributed by atoms with van der Waals surface area (Å²) < 4.78 is 25.5. The molecule has 1 aromatic rings. The number of nitriles is 2. The molecule has 1 heterocycles. The monoisotopic (exact) mass is 319 g/mol. The normalized spacial score (nSPS) is 9.73. The van der Waals surface area contributed by atoms with E-state index in [1.54, 1.807) is 28.7 Å². The predicted molar refractivity (Wildman–Crippen MR) is 55.9 cm³/mol. The number of alkyl halides is 2. The molecular formula is C9H4F2IN3. The van der Waals surface area contributed by atoms with Gasteiger partial charge in [0.1, 0.15) is 6.07 Å². The molecule has 1 rings (SSSR count). The van der Waals surface area contributed by atoms with Crippen LogP contribution in [0.1, 0.15) is 23.2 Å². The molecule has 15 heavy (non-hydrogen) atoms. The molecule has 0 bridgehead atoms. The Morgan fingerprint density at radius 2 is 2.13 bits per heavy atom. The Bertz CT molecular complexity index is 460. The topological polar surface area (TPSA) is 60.5 Å². The molecule has 0 unspecified atom stereocenters. The molecule has 0 aliphatic rings. The van der Waals surface area contributed by atoms with Gasteiger partial charge in [-0.15, -0.1) is 0 Å². The number of hydrogen-bond donors (Lipinski definition) is 0. The summed E-state index contributed by atoms with van der Waals surface area (Å²) in [4.78, 5) is 3.80. The Kier molecular flexibility index (Phi) is 3.92. The Balaban J connectivity index is 3.39. The van der Waals surface area contributed by atoms with Crippen LogP contribution in [0.2, 0.25) is 0 Å². The van der Waals surface area contributed by atoms with Crippen LogP contribution in [-0.2, 0) is 6.42 Å². The van der Waals surface area contributed by atoms with Gasteiger partial charge in [0.15, 0.2) is 0 Å². The third-order valence-electron chi connectivity index (χ3n) is 1.71. The standard InChI is InChI=1S/C9H4F2IN3/c10-9(11)7-5(3-14)4-15-6(1-2-13)8(7)12/h4,9H,1H2. The van der Waals surface area contributed by atoms with Gasteiger partial charge in [0, 0.05) is 9.77 Å². The summed E-state index contributed by atoms with van der Waals surface area (Å²) in [6.45, 7) is 0. The zero-order valence-corrected chi connectivity index (χ0v) is 9.49. The third-order valence-corrected chi connectivity index (χ3v) is 2.92. The fraction of sp³-hybridized carbons (Fsp3) is 0.222. The quantitative estimate of drug-likeness (QED) is 0.787. The van der Waals surface area contributed by atoms with Gasteiger partial charge in [-0.05, 0) is 22.6 Å². The van der Waals surface area contributed by atoms with Crippen LogP contribution in [0.15, 0.2) is 6.20 Å². The van der Waals surface area contributed by atoms with Crippen molar-refractivity contribution in [3.05, 3.63) is 26.6 Å². The molecule has 0 radical (unpaired) electrons. The summed E-state index contributed by atoms with van der Waals surface area (Å²) in [6, 6.07) is 3.49. The van der Waals surface area contributed by atoms with Crippen LogP contribution in [-0.4, -0.2) is 4.98 Å². The molecule has 0 amide bonds. The molecule has 6 heteroatoms. The second kappa shape index (κ2) is 4.99. The number of rotatable bonds is 2. The summed E-state index contributed by atoms with van der Waals surface area (Å²) in [5.41, 5.74) is -0.193. The van der Waals surface area contributed by atoms with E-state index >= 15 is 0 Å². The second-order valence-corrected chi connectivity index (χ2v) is 3.67. The average Bonchev–Trinajstić information content (AvgIpc) is 2.20. The van der Waals surface area contributed by atoms with Gasteiger partial charge in [0.2, 0.25) is 0 Å². The number of aromatic nitrogens is 1. The Hall–Kier alpha value is -1.28. The van der Waals surface area contributed by atoms with E-state index in [2.05, 4.69) is 4.98 Å². The van der Waals surface area contributed by atoms with Crippen LogP contribution in [0.4, 0.5) is 8.78 Å². The van der Waals surface area contributed by atoms with E-state index < -0.39 is 6.43 Å². The van der Waals surface area contributed by atoms with Crippen molar-refractivity contribution in [3.63, 3.8) is 0 Å². The molecule has 0 N–H and O–H groups in total. The van der Waals surface area contributed by atoms with E-state index in [9.17, 15) is 8.78 Å². The number of pyridine rings is 1. The molecule has 0 aliphatic carbocycles. The number of nitrogens with zero attached hydrogens (tertiary/aromatic N) is 3. The summed E-state index contributed by atoms with van der Waals surface area (Å²) in [7, 11) is 0. The molecule has 0 fully saturated rings. The Morgan fingerprint density at radius 1 is 1.47 bits per heavy atom. The first kappa shape index (κ1) is 11.8. The molecule has 0 saturated carbocycles. The van der Waals surface area contributed by atoms with E-state index in [-0.39, 0.29) is 26.8 Å². The lowest BCUT2D eigenvalue weighted by molar-refractivity contribution is 0.150. The van der Waals surface area contributed by atoms with E-state index in [4.69, 9.17) is 10.5 Å². The second-order valence-electron chi connectivity index (χ2n) is 2.59. The molecule has 0 spiro atoms. The predicted octanol–water partition coefficient (Wildman–Crippen LogP) is 2.56. The fourth-order valence-corrected chi connectivity index (χ4v) is 1.90. The van der Waals surface area contributed by atoms with Crippen molar-refractivity contribution in [2.75, 3.05) is 0 Å². The van der Waals surface area contributed by atoms with Crippen LogP contribution >= 0.6 is 22.6 Å². The van der Waals surface area contributed by atoms with Crippen molar-refractivity contribution >= 4 is 22.6 Å². The van der Waals surface area contributed by atoms with Crippen molar-refractivity contribution in [1.82, 2.24) is 4.98 Å². The first-order valence-corrected chi connectivity index (χ1v) is 4.92. The highest BCUT2D eigenvalue weighted by atomic mass is 127. The highest BCUT2D eigenvalue weighted by molar-refractivity contribution is 14.1. The van der Waals surface area contributed by atoms with Crippen LogP contribution in [0.25, 0.3) is 0 Å². The molecule has 0 aromatic carbocycles. The third kappa shape index (κ3) is 2.39. The molecule has 0 atom stereocenters. The SMILES string of the molecule is N#CCc1ncc(C#N)c(C(F)F)c1I. The lowest BCUT2D eigenvalue weighted by Crippen LogP contribution is -2.02. The summed E-state index contributed by atoms with van der Waals surface area (Å²) >= 11 is 1.68. The van der Waals surface area contributed by atoms with E-state index in [1.807, 2.05) is 6.07 Å². The van der Waals surface area contributed by atoms with Crippen molar-refractivity contribution in [1.29, 1.82) is 10.5 Å². The fourth-order valence-electron chi connectivity index (χ4n) is 1.04. The molecule has 1 aromatic heterocycles. The van der Waals surface area contributed by atoms with Gasteiger partial charge in [0.25, 0.3) is 6.43 Å². The minimum Gasteiger partial charge on any atom is -0.258 e. The van der Waals surface area contributed by atoms with Crippen LogP contribution in [0, 0.1) is 26.2 Å². The lowest BCUT2D eigenvalue weighted by atomic mass is 10.1. The Morgan fingerprint density at radius 3 is 2.60 bits per heavy atom. The van der Waals surface area contributed by atoms with Crippen LogP contribution in [0.3, 0.4) is 0 Å². The van der Waals surface area contributed by atoms with Gasteiger partial charge in [-0.25, -0.2) is 8.78 Å². The van der Waals surface area contributed by atoms with E-state index in [1.165, 1.54) is 0 Å². The van der Waals surface area contributed by atoms with Crippen LogP contribution in [0.5, 0.6) is 0 Å². The van der Waals surface area contributed by atoms with Crippen molar-refractivity contribution in [2.24, 2.45) is 0 Å². The largest absolute Gasteiger partial charge is 0.266 e. The average molecular weight is 319 g/mol. The summed E-state index contributed by atoms with van der Waals surface area (Å²) in [5.74, 6) is 0. The number of halogens is 3. The van der Waals surface area contributed by atoms with Crippen molar-refractivity contribution in [3.8, 4) is 12.1 Å². The minimum atomic E-state index is -2.73. The molecule has 76 valence electrons. The zero-order valence-electron chi connectivity index (χ0n) is 7.34. The highest BCUT2D eigenvalue weighted by Crippen LogP contribution is 2.29. The van der Waals surface area contributed by atoms with Gasteiger partial charge in [-0.2, -0.15) is 10.5 Å². The van der Waals surface area contributed by atoms with Crippen LogP contribution < -0.4 is 0 Å². The van der Waals surface area contributed by atoms with Crippen molar-refractivity contribution < 1.29 is 8.78 Å². The molecule has 3 nitrogen and oxygen atoms in total. The van der Waals surface area contributed by atoms with Crippen molar-refractivity contribution in [2.45, 2.75) is 12.8 Å². The smallest absolute Gasteiger partial charge is 0.258 e. The first-order chi connectivity index (χ1) is 7.11.